The van der Waals surface area contributed by atoms with Crippen molar-refractivity contribution in [2.24, 2.45) is 41.4 Å². The molecule has 11 nitrogen and oxygen atoms in total. The van der Waals surface area contributed by atoms with Gasteiger partial charge in [-0.15, -0.1) is 0 Å². The predicted octanol–water partition coefficient (Wildman–Crippen LogP) is 7.85. The van der Waals surface area contributed by atoms with Gasteiger partial charge in [0.15, 0.2) is 12.4 Å². The molecule has 9 aliphatic rings. The lowest BCUT2D eigenvalue weighted by Crippen LogP contribution is -2.67. The lowest BCUT2D eigenvalue weighted by molar-refractivity contribution is -0.557. The van der Waals surface area contributed by atoms with Crippen LogP contribution in [0.25, 0.3) is 0 Å². The number of hydrogen-bond donors (Lipinski definition) is 0. The molecule has 2 aliphatic carbocycles. The largest absolute Gasteiger partial charge is 0.456 e. The number of rotatable bonds is 7. The lowest BCUT2D eigenvalue weighted by atomic mass is 9.59. The molecule has 13 atom stereocenters. The van der Waals surface area contributed by atoms with Gasteiger partial charge < -0.3 is 28.6 Å². The molecule has 8 fully saturated rings. The van der Waals surface area contributed by atoms with Crippen LogP contribution in [0.1, 0.15) is 98.8 Å². The quantitative estimate of drug-likeness (QED) is 0.186. The standard InChI is InChI=1S/C40H60F6N2O9/c1-23-7-9-28-25(3)38(40(44,45)46,51-22-50-35(4)15-11-27(23)32(28)54-55-35)49-20-19-47(6)26-13-17-48(18-14-26)21-29-31-10-8-24(2)30-12-16-36(5)53-34(37(30,31)57-56-36)52-33(29)39(41,42)43/h23-28,30-32,34H,7-22H2,1-6H3/t23-,24-,25-,27+,28+,30+,31+,32-,34-,35+,36+,37-,38-/m1/s1. The maximum atomic E-state index is 15.3. The molecular formula is C40H60F6N2O9. The van der Waals surface area contributed by atoms with Crippen LogP contribution in [0, 0.1) is 41.4 Å². The molecule has 6 saturated heterocycles. The summed E-state index contributed by atoms with van der Waals surface area (Å²) in [7, 11) is 1.84. The summed E-state index contributed by atoms with van der Waals surface area (Å²) in [6.07, 6.45) is -5.35. The molecule has 0 aromatic carbocycles. The second-order valence-electron chi connectivity index (χ2n) is 18.7. The number of nitrogens with zero attached hydrogens (tertiary/aromatic N) is 2. The average Bonchev–Trinajstić information content (AvgIpc) is 3.48. The van der Waals surface area contributed by atoms with Gasteiger partial charge >= 0.3 is 12.4 Å². The third-order valence-electron chi connectivity index (χ3n) is 15.3. The molecule has 2 saturated carbocycles. The normalized spacial score (nSPS) is 46.0. The van der Waals surface area contributed by atoms with E-state index in [-0.39, 0.29) is 55.0 Å². The molecule has 0 unspecified atom stereocenters. The van der Waals surface area contributed by atoms with Gasteiger partial charge in [0.2, 0.25) is 23.6 Å². The van der Waals surface area contributed by atoms with E-state index in [1.165, 1.54) is 6.92 Å². The zero-order valence-corrected chi connectivity index (χ0v) is 33.9. The van der Waals surface area contributed by atoms with Gasteiger partial charge in [-0.3, -0.25) is 4.90 Å². The first-order valence-corrected chi connectivity index (χ1v) is 21.1. The summed E-state index contributed by atoms with van der Waals surface area (Å²) in [6, 6.07) is -0.0210. The summed E-state index contributed by atoms with van der Waals surface area (Å²) in [6.45, 7) is 9.34. The Morgan fingerprint density at radius 1 is 0.807 bits per heavy atom. The minimum Gasteiger partial charge on any atom is -0.456 e. The number of piperidine rings is 1. The van der Waals surface area contributed by atoms with E-state index in [4.69, 9.17) is 43.2 Å². The number of hydrogen-bond acceptors (Lipinski definition) is 11. The second kappa shape index (κ2) is 15.3. The first-order chi connectivity index (χ1) is 26.8. The van der Waals surface area contributed by atoms with Crippen molar-refractivity contribution in [2.45, 2.75) is 153 Å². The highest BCUT2D eigenvalue weighted by Crippen LogP contribution is 2.61. The Morgan fingerprint density at radius 3 is 2.25 bits per heavy atom. The number of allylic oxidation sites excluding steroid dienone is 1. The maximum absolute atomic E-state index is 15.3. The van der Waals surface area contributed by atoms with Crippen LogP contribution < -0.4 is 0 Å². The van der Waals surface area contributed by atoms with E-state index in [0.717, 1.165) is 12.8 Å². The third kappa shape index (κ3) is 7.47. The summed E-state index contributed by atoms with van der Waals surface area (Å²) in [4.78, 5) is 27.6. The van der Waals surface area contributed by atoms with Gasteiger partial charge in [-0.25, -0.2) is 19.6 Å². The SMILES string of the molecule is C[C@@H]1CC[C@@H]2[C@@H]3OO[C@@](C)(CC[C@H]31)OCO[C@@](OCCN(C)C1CCN(CC3=C(C(F)(F)F)O[C@@H]4O[C@]5(C)CC[C@H]6[C@H](C)CC[C@@H]3[C@@]46OO5)CC1)(C(F)(F)F)[C@@H]2C. The van der Waals surface area contributed by atoms with E-state index in [1.54, 1.807) is 13.8 Å². The van der Waals surface area contributed by atoms with Crippen LogP contribution in [0.2, 0.25) is 0 Å². The molecule has 17 heteroatoms. The molecule has 4 bridgehead atoms. The average molecular weight is 827 g/mol. The Kier molecular flexibility index (Phi) is 11.4. The lowest BCUT2D eigenvalue weighted by Gasteiger charge is -2.57. The first-order valence-electron chi connectivity index (χ1n) is 21.1. The van der Waals surface area contributed by atoms with Crippen LogP contribution in [-0.4, -0.2) is 110 Å². The molecule has 0 amide bonds. The molecule has 0 radical (unpaired) electrons. The van der Waals surface area contributed by atoms with Crippen LogP contribution >= 0.6 is 0 Å². The smallest absolute Gasteiger partial charge is 0.449 e. The van der Waals surface area contributed by atoms with E-state index in [1.807, 2.05) is 16.8 Å². The van der Waals surface area contributed by atoms with Crippen molar-refractivity contribution in [3.63, 3.8) is 0 Å². The van der Waals surface area contributed by atoms with E-state index < -0.39 is 78.0 Å². The maximum Gasteiger partial charge on any atom is 0.449 e. The molecule has 1 spiro atoms. The molecule has 0 aromatic rings. The Bertz CT molecular complexity index is 1500. The van der Waals surface area contributed by atoms with Crippen LogP contribution in [0.4, 0.5) is 26.3 Å². The zero-order valence-electron chi connectivity index (χ0n) is 33.9. The van der Waals surface area contributed by atoms with E-state index in [2.05, 4.69) is 13.8 Å². The second-order valence-corrected chi connectivity index (χ2v) is 18.7. The van der Waals surface area contributed by atoms with Crippen LogP contribution in [0.15, 0.2) is 11.3 Å². The Labute approximate surface area is 331 Å². The van der Waals surface area contributed by atoms with Crippen LogP contribution in [-0.2, 0) is 43.2 Å². The van der Waals surface area contributed by atoms with E-state index in [0.29, 0.717) is 64.5 Å². The highest BCUT2D eigenvalue weighted by atomic mass is 19.4. The summed E-state index contributed by atoms with van der Waals surface area (Å²) < 4.78 is 120. The van der Waals surface area contributed by atoms with Crippen molar-refractivity contribution < 1.29 is 69.6 Å². The van der Waals surface area contributed by atoms with Gasteiger partial charge in [0.05, 0.1) is 12.7 Å². The summed E-state index contributed by atoms with van der Waals surface area (Å²) in [5, 5.41) is 0. The summed E-state index contributed by atoms with van der Waals surface area (Å²) in [5.74, 6) is -8.29. The van der Waals surface area contributed by atoms with Crippen molar-refractivity contribution in [2.75, 3.05) is 46.6 Å². The van der Waals surface area contributed by atoms with E-state index in [9.17, 15) is 13.2 Å². The molecule has 57 heavy (non-hydrogen) atoms. The minimum absolute atomic E-state index is 0.00584. The third-order valence-corrected chi connectivity index (χ3v) is 15.3. The number of halogens is 6. The van der Waals surface area contributed by atoms with Crippen molar-refractivity contribution in [1.82, 2.24) is 9.80 Å². The summed E-state index contributed by atoms with van der Waals surface area (Å²) in [5.41, 5.74) is -1.01. The predicted molar refractivity (Wildman–Crippen MR) is 189 cm³/mol. The number of fused-ring (bicyclic) bond motifs is 4. The number of alkyl halides is 6. The topological polar surface area (TPSA) is 89.6 Å². The molecule has 7 heterocycles. The van der Waals surface area contributed by atoms with Crippen molar-refractivity contribution in [3.05, 3.63) is 11.3 Å². The Morgan fingerprint density at radius 2 is 1.53 bits per heavy atom. The summed E-state index contributed by atoms with van der Waals surface area (Å²) >= 11 is 0. The van der Waals surface area contributed by atoms with Crippen molar-refractivity contribution in [3.8, 4) is 0 Å². The fourth-order valence-electron chi connectivity index (χ4n) is 11.8. The van der Waals surface area contributed by atoms with Crippen LogP contribution in [0.3, 0.4) is 0 Å². The Balaban J connectivity index is 0.934. The molecule has 326 valence electrons. The van der Waals surface area contributed by atoms with Crippen LogP contribution in [0.5, 0.6) is 0 Å². The Hall–Kier alpha value is -1.28. The highest BCUT2D eigenvalue weighted by Gasteiger charge is 2.70. The van der Waals surface area contributed by atoms with Gasteiger partial charge in [0, 0.05) is 49.7 Å². The van der Waals surface area contributed by atoms with Gasteiger partial charge in [-0.2, -0.15) is 26.3 Å². The molecule has 0 N–H and O–H groups in total. The fourth-order valence-corrected chi connectivity index (χ4v) is 11.8. The van der Waals surface area contributed by atoms with Gasteiger partial charge in [0.1, 0.15) is 0 Å². The van der Waals surface area contributed by atoms with Gasteiger partial charge in [-0.05, 0) is 115 Å². The van der Waals surface area contributed by atoms with Gasteiger partial charge in [0.25, 0.3) is 5.79 Å². The molecule has 9 rings (SSSR count). The molecular weight excluding hydrogens is 766 g/mol. The number of likely N-dealkylation sites (N-methyl/N-ethyl adjacent to an activating group) is 1. The first kappa shape index (κ1) is 42.4. The molecule has 7 aliphatic heterocycles. The highest BCUT2D eigenvalue weighted by molar-refractivity contribution is 5.29. The number of likely N-dealkylation sites (tertiary alicyclic amines) is 1. The van der Waals surface area contributed by atoms with Crippen molar-refractivity contribution >= 4 is 0 Å². The minimum atomic E-state index is -4.88. The monoisotopic (exact) mass is 826 g/mol. The van der Waals surface area contributed by atoms with Crippen molar-refractivity contribution in [1.29, 1.82) is 0 Å². The fraction of sp³-hybridized carbons (Fsp3) is 0.950. The van der Waals surface area contributed by atoms with Gasteiger partial charge in [-0.1, -0.05) is 20.8 Å². The zero-order chi connectivity index (χ0) is 40.8. The molecule has 0 aromatic heterocycles. The number of ether oxygens (including phenoxy) is 5. The van der Waals surface area contributed by atoms with E-state index >= 15 is 13.2 Å².